The van der Waals surface area contributed by atoms with Crippen molar-refractivity contribution in [1.82, 2.24) is 0 Å². The molecule has 0 aromatic heterocycles. The van der Waals surface area contributed by atoms with Crippen LogP contribution in [0, 0.1) is 5.41 Å². The number of esters is 1. The Morgan fingerprint density at radius 3 is 2.40 bits per heavy atom. The summed E-state index contributed by atoms with van der Waals surface area (Å²) in [6.07, 6.45) is -0.0325. The van der Waals surface area contributed by atoms with Crippen molar-refractivity contribution in [2.24, 2.45) is 5.41 Å². The van der Waals surface area contributed by atoms with E-state index in [1.165, 1.54) is 13.8 Å². The molecule has 1 heterocycles. The Kier molecular flexibility index (Phi) is 5.32. The van der Waals surface area contributed by atoms with Crippen LogP contribution in [0.15, 0.2) is 0 Å². The lowest BCUT2D eigenvalue weighted by Crippen LogP contribution is -2.42. The summed E-state index contributed by atoms with van der Waals surface area (Å²) >= 11 is 0. The van der Waals surface area contributed by atoms with Gasteiger partial charge in [-0.1, -0.05) is 0 Å². The first-order valence-electron chi connectivity index (χ1n) is 6.66. The van der Waals surface area contributed by atoms with E-state index < -0.39 is 44.1 Å². The van der Waals surface area contributed by atoms with Crippen molar-refractivity contribution in [3.63, 3.8) is 0 Å². The normalized spacial score (nSPS) is 23.6. The van der Waals surface area contributed by atoms with Gasteiger partial charge < -0.3 is 9.47 Å². The largest absolute Gasteiger partial charge is 0.465 e. The van der Waals surface area contributed by atoms with Gasteiger partial charge in [0.05, 0.1) is 18.0 Å². The molecule has 0 aromatic carbocycles. The SMILES string of the molecule is CCOC(=O)C(C)(C)C(=O)CS(=O)(=O)C1CCOC1C. The van der Waals surface area contributed by atoms with Crippen molar-refractivity contribution in [3.8, 4) is 0 Å². The minimum Gasteiger partial charge on any atom is -0.465 e. The van der Waals surface area contributed by atoms with Gasteiger partial charge >= 0.3 is 5.97 Å². The first kappa shape index (κ1) is 17.1. The van der Waals surface area contributed by atoms with Gasteiger partial charge in [-0.2, -0.15) is 0 Å². The van der Waals surface area contributed by atoms with Crippen molar-refractivity contribution >= 4 is 21.6 Å². The maximum atomic E-state index is 12.2. The second kappa shape index (κ2) is 6.22. The number of carbonyl (C=O) groups is 2. The predicted molar refractivity (Wildman–Crippen MR) is 73.0 cm³/mol. The molecule has 0 N–H and O–H groups in total. The van der Waals surface area contributed by atoms with Crippen LogP contribution in [-0.2, 0) is 28.9 Å². The van der Waals surface area contributed by atoms with Gasteiger partial charge in [-0.05, 0) is 34.1 Å². The molecule has 0 amide bonds. The predicted octanol–water partition coefficient (Wildman–Crippen LogP) is 0.737. The molecule has 7 heteroatoms. The van der Waals surface area contributed by atoms with Crippen molar-refractivity contribution < 1.29 is 27.5 Å². The van der Waals surface area contributed by atoms with Crippen molar-refractivity contribution in [2.45, 2.75) is 45.5 Å². The molecule has 0 saturated carbocycles. The third-order valence-corrected chi connectivity index (χ3v) is 5.79. The second-order valence-electron chi connectivity index (χ2n) is 5.48. The highest BCUT2D eigenvalue weighted by molar-refractivity contribution is 7.92. The van der Waals surface area contributed by atoms with Crippen LogP contribution in [0.5, 0.6) is 0 Å². The fraction of sp³-hybridized carbons (Fsp3) is 0.846. The molecule has 1 saturated heterocycles. The number of rotatable bonds is 6. The van der Waals surface area contributed by atoms with Crippen LogP contribution in [0.1, 0.15) is 34.1 Å². The first-order chi connectivity index (χ1) is 9.13. The molecule has 0 aromatic rings. The lowest BCUT2D eigenvalue weighted by atomic mass is 9.89. The second-order valence-corrected chi connectivity index (χ2v) is 7.70. The number of hydrogen-bond acceptors (Lipinski definition) is 6. The number of hydrogen-bond donors (Lipinski definition) is 0. The van der Waals surface area contributed by atoms with Crippen LogP contribution in [0.3, 0.4) is 0 Å². The Morgan fingerprint density at radius 1 is 1.35 bits per heavy atom. The molecule has 1 aliphatic heterocycles. The highest BCUT2D eigenvalue weighted by Gasteiger charge is 2.43. The van der Waals surface area contributed by atoms with E-state index in [9.17, 15) is 18.0 Å². The summed E-state index contributed by atoms with van der Waals surface area (Å²) in [5.41, 5.74) is -1.45. The summed E-state index contributed by atoms with van der Waals surface area (Å²) < 4.78 is 34.5. The quantitative estimate of drug-likeness (QED) is 0.531. The van der Waals surface area contributed by atoms with E-state index in [1.807, 2.05) is 0 Å². The monoisotopic (exact) mass is 306 g/mol. The fourth-order valence-electron chi connectivity index (χ4n) is 2.08. The summed E-state index contributed by atoms with van der Waals surface area (Å²) in [6.45, 7) is 6.61. The molecule has 0 bridgehead atoms. The minimum atomic E-state index is -3.62. The number of carbonyl (C=O) groups excluding carboxylic acids is 2. The van der Waals surface area contributed by atoms with E-state index in [4.69, 9.17) is 9.47 Å². The third-order valence-electron chi connectivity index (χ3n) is 3.58. The van der Waals surface area contributed by atoms with Crippen LogP contribution in [0.2, 0.25) is 0 Å². The zero-order valence-corrected chi connectivity index (χ0v) is 13.2. The molecule has 2 atom stereocenters. The number of sulfone groups is 1. The van der Waals surface area contributed by atoms with E-state index >= 15 is 0 Å². The van der Waals surface area contributed by atoms with E-state index in [0.717, 1.165) is 0 Å². The molecule has 0 aliphatic carbocycles. The van der Waals surface area contributed by atoms with Gasteiger partial charge in [0.25, 0.3) is 0 Å². The highest BCUT2D eigenvalue weighted by atomic mass is 32.2. The van der Waals surface area contributed by atoms with Gasteiger partial charge in [0.1, 0.15) is 11.2 Å². The third kappa shape index (κ3) is 3.58. The Bertz CT molecular complexity index is 479. The topological polar surface area (TPSA) is 86.7 Å². The molecule has 1 rings (SSSR count). The van der Waals surface area contributed by atoms with Crippen molar-refractivity contribution in [3.05, 3.63) is 0 Å². The molecule has 116 valence electrons. The number of ether oxygens (including phenoxy) is 2. The Balaban J connectivity index is 2.81. The molecular weight excluding hydrogens is 284 g/mol. The average Bonchev–Trinajstić information content (AvgIpc) is 2.75. The maximum Gasteiger partial charge on any atom is 0.319 e. The van der Waals surface area contributed by atoms with Crippen LogP contribution in [0.4, 0.5) is 0 Å². The van der Waals surface area contributed by atoms with Gasteiger partial charge in [0.15, 0.2) is 15.6 Å². The van der Waals surface area contributed by atoms with Crippen LogP contribution >= 0.6 is 0 Å². The molecule has 2 unspecified atom stereocenters. The molecule has 0 spiro atoms. The van der Waals surface area contributed by atoms with Crippen molar-refractivity contribution in [1.29, 1.82) is 0 Å². The average molecular weight is 306 g/mol. The Hall–Kier alpha value is -0.950. The van der Waals surface area contributed by atoms with Gasteiger partial charge in [-0.3, -0.25) is 9.59 Å². The van der Waals surface area contributed by atoms with Crippen LogP contribution < -0.4 is 0 Å². The van der Waals surface area contributed by atoms with E-state index in [0.29, 0.717) is 13.0 Å². The fourth-order valence-corrected chi connectivity index (χ4v) is 4.14. The Labute approximate surface area is 119 Å². The molecule has 0 radical (unpaired) electrons. The summed E-state index contributed by atoms with van der Waals surface area (Å²) in [7, 11) is -3.62. The summed E-state index contributed by atoms with van der Waals surface area (Å²) in [6, 6.07) is 0. The lowest BCUT2D eigenvalue weighted by molar-refractivity contribution is -0.157. The van der Waals surface area contributed by atoms with E-state index in [1.54, 1.807) is 13.8 Å². The van der Waals surface area contributed by atoms with Gasteiger partial charge in [0, 0.05) is 6.61 Å². The molecule has 1 fully saturated rings. The first-order valence-corrected chi connectivity index (χ1v) is 8.38. The molecule has 1 aliphatic rings. The van der Waals surface area contributed by atoms with Gasteiger partial charge in [-0.25, -0.2) is 8.42 Å². The maximum absolute atomic E-state index is 12.2. The summed E-state index contributed by atoms with van der Waals surface area (Å²) in [5.74, 6) is -2.00. The highest BCUT2D eigenvalue weighted by Crippen LogP contribution is 2.25. The molecule has 6 nitrogen and oxygen atoms in total. The zero-order valence-electron chi connectivity index (χ0n) is 12.3. The minimum absolute atomic E-state index is 0.149. The van der Waals surface area contributed by atoms with Crippen molar-refractivity contribution in [2.75, 3.05) is 19.0 Å². The standard InChI is InChI=1S/C13H22O6S/c1-5-18-12(15)13(3,4)11(14)8-20(16,17)10-6-7-19-9(10)2/h9-10H,5-8H2,1-4H3. The van der Waals surface area contributed by atoms with E-state index in [2.05, 4.69) is 0 Å². The van der Waals surface area contributed by atoms with Gasteiger partial charge in [-0.15, -0.1) is 0 Å². The number of ketones is 1. The lowest BCUT2D eigenvalue weighted by Gasteiger charge is -2.22. The summed E-state index contributed by atoms with van der Waals surface area (Å²) in [4.78, 5) is 23.9. The molecule has 20 heavy (non-hydrogen) atoms. The Morgan fingerprint density at radius 2 is 1.95 bits per heavy atom. The van der Waals surface area contributed by atoms with Gasteiger partial charge in [0.2, 0.25) is 0 Å². The smallest absolute Gasteiger partial charge is 0.319 e. The van der Waals surface area contributed by atoms with Crippen LogP contribution in [-0.4, -0.2) is 50.5 Å². The zero-order chi connectivity index (χ0) is 15.6. The van der Waals surface area contributed by atoms with Crippen LogP contribution in [0.25, 0.3) is 0 Å². The summed E-state index contributed by atoms with van der Waals surface area (Å²) in [5, 5.41) is -0.676. The molecular formula is C13H22O6S. The van der Waals surface area contributed by atoms with E-state index in [-0.39, 0.29) is 6.61 Å². The number of Topliss-reactive ketones (excluding diaryl/α,β-unsaturated/α-hetero) is 1.